The molecule has 5 nitrogen and oxygen atoms in total. The first-order valence-corrected chi connectivity index (χ1v) is 10.6. The van der Waals surface area contributed by atoms with Crippen molar-refractivity contribution in [1.82, 2.24) is 9.97 Å². The Morgan fingerprint density at radius 2 is 1.90 bits per heavy atom. The van der Waals surface area contributed by atoms with Crippen LogP contribution in [0.2, 0.25) is 0 Å². The standard InChI is InChI=1S/C24H26N4O/c25-24(29)20-6-3-12-26-23(20)22-9-7-17-14-19(8-10-21(17)27-22)28-13-11-16-4-1-2-5-18(16)15-28/h3,6-10,12,14,16,18H,1-2,4-5,11,13,15H2,(H2,25,29)/t16-,18-/m0/s1. The molecule has 5 heteroatoms. The van der Waals surface area contributed by atoms with Crippen LogP contribution in [0.15, 0.2) is 48.7 Å². The molecule has 2 aromatic heterocycles. The van der Waals surface area contributed by atoms with E-state index in [0.29, 0.717) is 17.0 Å². The van der Waals surface area contributed by atoms with Crippen LogP contribution in [0.25, 0.3) is 22.3 Å². The van der Waals surface area contributed by atoms with Crippen molar-refractivity contribution >= 4 is 22.5 Å². The molecule has 5 rings (SSSR count). The summed E-state index contributed by atoms with van der Waals surface area (Å²) in [4.78, 5) is 23.4. The summed E-state index contributed by atoms with van der Waals surface area (Å²) < 4.78 is 0. The van der Waals surface area contributed by atoms with Crippen molar-refractivity contribution in [1.29, 1.82) is 0 Å². The van der Waals surface area contributed by atoms with E-state index in [4.69, 9.17) is 10.7 Å². The number of carbonyl (C=O) groups is 1. The number of rotatable bonds is 3. The van der Waals surface area contributed by atoms with Gasteiger partial charge in [0.2, 0.25) is 0 Å². The average molecular weight is 386 g/mol. The summed E-state index contributed by atoms with van der Waals surface area (Å²) in [5.74, 6) is 1.30. The summed E-state index contributed by atoms with van der Waals surface area (Å²) in [6, 6.07) is 13.9. The van der Waals surface area contributed by atoms with Gasteiger partial charge in [-0.15, -0.1) is 0 Å². The fraction of sp³-hybridized carbons (Fsp3) is 0.375. The van der Waals surface area contributed by atoms with E-state index in [9.17, 15) is 4.79 Å². The molecule has 2 aliphatic rings. The molecule has 0 unspecified atom stereocenters. The summed E-state index contributed by atoms with van der Waals surface area (Å²) in [5, 5.41) is 1.11. The van der Waals surface area contributed by atoms with E-state index in [-0.39, 0.29) is 0 Å². The molecule has 0 bridgehead atoms. The third-order valence-corrected chi connectivity index (χ3v) is 6.64. The Morgan fingerprint density at radius 1 is 1.03 bits per heavy atom. The van der Waals surface area contributed by atoms with Crippen molar-refractivity contribution in [3.63, 3.8) is 0 Å². The predicted molar refractivity (Wildman–Crippen MR) is 116 cm³/mol. The van der Waals surface area contributed by atoms with E-state index < -0.39 is 5.91 Å². The fourth-order valence-corrected chi connectivity index (χ4v) is 5.09. The monoisotopic (exact) mass is 386 g/mol. The lowest BCUT2D eigenvalue weighted by atomic mass is 9.75. The number of pyridine rings is 2. The molecule has 1 aliphatic carbocycles. The number of nitrogens with two attached hydrogens (primary N) is 1. The summed E-state index contributed by atoms with van der Waals surface area (Å²) in [6.45, 7) is 2.33. The molecule has 0 spiro atoms. The summed E-state index contributed by atoms with van der Waals surface area (Å²) in [5.41, 5.74) is 9.28. The van der Waals surface area contributed by atoms with Crippen molar-refractivity contribution in [2.24, 2.45) is 17.6 Å². The minimum Gasteiger partial charge on any atom is -0.371 e. The zero-order chi connectivity index (χ0) is 19.8. The van der Waals surface area contributed by atoms with Crippen LogP contribution in [0, 0.1) is 11.8 Å². The summed E-state index contributed by atoms with van der Waals surface area (Å²) in [7, 11) is 0. The molecule has 3 heterocycles. The Bertz CT molecular complexity index is 1060. The van der Waals surface area contributed by atoms with Gasteiger partial charge in [0.15, 0.2) is 0 Å². The lowest BCUT2D eigenvalue weighted by molar-refractivity contribution is 0.100. The number of benzene rings is 1. The molecule has 29 heavy (non-hydrogen) atoms. The number of piperidine rings is 1. The largest absolute Gasteiger partial charge is 0.371 e. The average Bonchev–Trinajstić information content (AvgIpc) is 2.78. The molecular weight excluding hydrogens is 360 g/mol. The van der Waals surface area contributed by atoms with Crippen LogP contribution in [0.4, 0.5) is 5.69 Å². The van der Waals surface area contributed by atoms with Gasteiger partial charge in [0.25, 0.3) is 5.91 Å². The van der Waals surface area contributed by atoms with Gasteiger partial charge >= 0.3 is 0 Å². The number of hydrogen-bond acceptors (Lipinski definition) is 4. The SMILES string of the molecule is NC(=O)c1cccnc1-c1ccc2cc(N3CC[C@@H]4CCCC[C@H]4C3)ccc2n1. The highest BCUT2D eigenvalue weighted by atomic mass is 16.1. The molecule has 1 aliphatic heterocycles. The second-order valence-corrected chi connectivity index (χ2v) is 8.38. The number of aromatic nitrogens is 2. The molecule has 2 N–H and O–H groups in total. The maximum atomic E-state index is 11.7. The smallest absolute Gasteiger partial charge is 0.250 e. The zero-order valence-corrected chi connectivity index (χ0v) is 16.6. The minimum absolute atomic E-state index is 0.395. The van der Waals surface area contributed by atoms with Crippen molar-refractivity contribution in [2.45, 2.75) is 32.1 Å². The zero-order valence-electron chi connectivity index (χ0n) is 16.6. The quantitative estimate of drug-likeness (QED) is 0.724. The first-order chi connectivity index (χ1) is 14.2. The lowest BCUT2D eigenvalue weighted by Crippen LogP contribution is -2.41. The number of amides is 1. The molecule has 1 aromatic carbocycles. The van der Waals surface area contributed by atoms with Crippen LogP contribution in [-0.4, -0.2) is 29.0 Å². The van der Waals surface area contributed by atoms with E-state index in [1.807, 2.05) is 6.07 Å². The molecule has 1 saturated heterocycles. The Morgan fingerprint density at radius 3 is 2.76 bits per heavy atom. The molecular formula is C24H26N4O. The highest BCUT2D eigenvalue weighted by molar-refractivity contribution is 5.98. The number of anilines is 1. The Labute approximate surface area is 171 Å². The third kappa shape index (κ3) is 3.46. The first-order valence-electron chi connectivity index (χ1n) is 10.6. The van der Waals surface area contributed by atoms with Crippen LogP contribution in [0.5, 0.6) is 0 Å². The van der Waals surface area contributed by atoms with Crippen molar-refractivity contribution < 1.29 is 4.79 Å². The lowest BCUT2D eigenvalue weighted by Gasteiger charge is -2.42. The van der Waals surface area contributed by atoms with Gasteiger partial charge in [-0.1, -0.05) is 25.3 Å². The van der Waals surface area contributed by atoms with E-state index >= 15 is 0 Å². The van der Waals surface area contributed by atoms with Gasteiger partial charge in [-0.2, -0.15) is 0 Å². The Kier molecular flexibility index (Phi) is 4.66. The molecule has 0 radical (unpaired) electrons. The second-order valence-electron chi connectivity index (χ2n) is 8.38. The normalized spacial score (nSPS) is 21.7. The van der Waals surface area contributed by atoms with Gasteiger partial charge in [0.05, 0.1) is 16.8 Å². The van der Waals surface area contributed by atoms with Crippen LogP contribution in [0.3, 0.4) is 0 Å². The molecule has 1 saturated carbocycles. The molecule has 1 amide bonds. The third-order valence-electron chi connectivity index (χ3n) is 6.64. The van der Waals surface area contributed by atoms with Gasteiger partial charge in [-0.25, -0.2) is 4.98 Å². The highest BCUT2D eigenvalue weighted by Crippen LogP contribution is 2.38. The first kappa shape index (κ1) is 18.1. The second kappa shape index (κ2) is 7.47. The van der Waals surface area contributed by atoms with Gasteiger partial charge < -0.3 is 10.6 Å². The van der Waals surface area contributed by atoms with Crippen molar-refractivity contribution in [3.05, 3.63) is 54.2 Å². The minimum atomic E-state index is -0.489. The van der Waals surface area contributed by atoms with Crippen molar-refractivity contribution in [3.8, 4) is 11.4 Å². The summed E-state index contributed by atoms with van der Waals surface area (Å²) >= 11 is 0. The molecule has 2 fully saturated rings. The number of nitrogens with zero attached hydrogens (tertiary/aromatic N) is 3. The van der Waals surface area contributed by atoms with E-state index in [2.05, 4.69) is 34.1 Å². The summed E-state index contributed by atoms with van der Waals surface area (Å²) in [6.07, 6.45) is 8.58. The Hall–Kier alpha value is -2.95. The number of hydrogen-bond donors (Lipinski definition) is 1. The number of primary amides is 1. The highest BCUT2D eigenvalue weighted by Gasteiger charge is 2.31. The van der Waals surface area contributed by atoms with E-state index in [1.54, 1.807) is 18.3 Å². The Balaban J connectivity index is 1.44. The number of carbonyl (C=O) groups excluding carboxylic acids is 1. The maximum Gasteiger partial charge on any atom is 0.250 e. The molecule has 3 aromatic rings. The van der Waals surface area contributed by atoms with E-state index in [0.717, 1.165) is 29.3 Å². The molecule has 2 atom stereocenters. The molecule has 148 valence electrons. The predicted octanol–water partition coefficient (Wildman–Crippen LogP) is 4.41. The van der Waals surface area contributed by atoms with Gasteiger partial charge in [0, 0.05) is 30.4 Å². The van der Waals surface area contributed by atoms with Gasteiger partial charge in [0.1, 0.15) is 5.69 Å². The fourth-order valence-electron chi connectivity index (χ4n) is 5.09. The van der Waals surface area contributed by atoms with Gasteiger partial charge in [-0.05, 0) is 61.1 Å². The van der Waals surface area contributed by atoms with Crippen LogP contribution in [-0.2, 0) is 0 Å². The maximum absolute atomic E-state index is 11.7. The van der Waals surface area contributed by atoms with Gasteiger partial charge in [-0.3, -0.25) is 9.78 Å². The topological polar surface area (TPSA) is 72.1 Å². The number of fused-ring (bicyclic) bond motifs is 2. The van der Waals surface area contributed by atoms with Crippen LogP contribution in [0.1, 0.15) is 42.5 Å². The van der Waals surface area contributed by atoms with Crippen LogP contribution < -0.4 is 10.6 Å². The van der Waals surface area contributed by atoms with Crippen molar-refractivity contribution in [2.75, 3.05) is 18.0 Å². The van der Waals surface area contributed by atoms with Crippen LogP contribution >= 0.6 is 0 Å². The van der Waals surface area contributed by atoms with E-state index in [1.165, 1.54) is 44.3 Å².